The topological polar surface area (TPSA) is 66.8 Å². The number of ether oxygens (including phenoxy) is 1. The number of aliphatic carboxylic acids is 1. The molecule has 2 atom stereocenters. The molecule has 0 aliphatic carbocycles. The van der Waals surface area contributed by atoms with Crippen molar-refractivity contribution in [3.8, 4) is 0 Å². The lowest BCUT2D eigenvalue weighted by molar-refractivity contribution is -0.142. The van der Waals surface area contributed by atoms with Crippen LogP contribution in [0.3, 0.4) is 0 Å². The Balaban J connectivity index is 1.89. The Morgan fingerprint density at radius 1 is 1.30 bits per heavy atom. The van der Waals surface area contributed by atoms with Crippen molar-refractivity contribution in [1.82, 2.24) is 4.90 Å². The summed E-state index contributed by atoms with van der Waals surface area (Å²) < 4.78 is 5.23. The van der Waals surface area contributed by atoms with Crippen molar-refractivity contribution in [3.63, 3.8) is 0 Å². The van der Waals surface area contributed by atoms with Crippen LogP contribution in [0.5, 0.6) is 0 Å². The second-order valence-corrected chi connectivity index (χ2v) is 5.06. The van der Waals surface area contributed by atoms with Crippen molar-refractivity contribution < 1.29 is 19.4 Å². The van der Waals surface area contributed by atoms with Crippen LogP contribution >= 0.6 is 0 Å². The number of nitrogens with zero attached hydrogens (tertiary/aromatic N) is 1. The van der Waals surface area contributed by atoms with Crippen molar-refractivity contribution in [2.75, 3.05) is 13.1 Å². The molecule has 0 aromatic heterocycles. The molecule has 1 fully saturated rings. The quantitative estimate of drug-likeness (QED) is 0.917. The zero-order chi connectivity index (χ0) is 14.5. The summed E-state index contributed by atoms with van der Waals surface area (Å²) in [7, 11) is 0. The van der Waals surface area contributed by atoms with Gasteiger partial charge in [0.25, 0.3) is 0 Å². The average Bonchev–Trinajstić information content (AvgIpc) is 2.90. The third kappa shape index (κ3) is 3.29. The highest BCUT2D eigenvalue weighted by Gasteiger charge is 2.39. The fraction of sp³-hybridized carbons (Fsp3) is 0.467. The van der Waals surface area contributed by atoms with Gasteiger partial charge in [0.2, 0.25) is 0 Å². The molecule has 20 heavy (non-hydrogen) atoms. The Morgan fingerprint density at radius 2 is 2.00 bits per heavy atom. The van der Waals surface area contributed by atoms with E-state index in [1.165, 1.54) is 4.90 Å². The Bertz CT molecular complexity index is 474. The maximum atomic E-state index is 12.0. The Labute approximate surface area is 118 Å². The number of carbonyl (C=O) groups excluding carboxylic acids is 1. The summed E-state index contributed by atoms with van der Waals surface area (Å²) in [6.45, 7) is 2.85. The summed E-state index contributed by atoms with van der Waals surface area (Å²) >= 11 is 0. The lowest BCUT2D eigenvalue weighted by Crippen LogP contribution is -2.30. The molecule has 1 aromatic carbocycles. The minimum Gasteiger partial charge on any atom is -0.481 e. The number of carbonyl (C=O) groups is 2. The zero-order valence-corrected chi connectivity index (χ0v) is 11.5. The molecule has 108 valence electrons. The first-order valence-electron chi connectivity index (χ1n) is 6.80. The zero-order valence-electron chi connectivity index (χ0n) is 11.5. The van der Waals surface area contributed by atoms with E-state index in [2.05, 4.69) is 0 Å². The van der Waals surface area contributed by atoms with E-state index in [9.17, 15) is 9.59 Å². The van der Waals surface area contributed by atoms with Gasteiger partial charge in [0.1, 0.15) is 6.61 Å². The van der Waals surface area contributed by atoms with E-state index in [-0.39, 0.29) is 19.1 Å². The number of carboxylic acid groups (broad SMARTS) is 1. The first kappa shape index (κ1) is 14.4. The first-order valence-corrected chi connectivity index (χ1v) is 6.80. The summed E-state index contributed by atoms with van der Waals surface area (Å²) in [4.78, 5) is 24.6. The number of hydrogen-bond donors (Lipinski definition) is 1. The van der Waals surface area contributed by atoms with Gasteiger partial charge in [0.15, 0.2) is 0 Å². The lowest BCUT2D eigenvalue weighted by atomic mass is 9.94. The van der Waals surface area contributed by atoms with Gasteiger partial charge >= 0.3 is 12.1 Å². The summed E-state index contributed by atoms with van der Waals surface area (Å²) in [6, 6.07) is 9.42. The largest absolute Gasteiger partial charge is 0.481 e. The predicted molar refractivity (Wildman–Crippen MR) is 73.1 cm³/mol. The van der Waals surface area contributed by atoms with E-state index < -0.39 is 18.0 Å². The summed E-state index contributed by atoms with van der Waals surface area (Å²) in [5.74, 6) is -1.31. The SMILES string of the molecule is CC[C@@H]1CN(C(=O)OCc2ccccc2)C[C@@H]1C(=O)O. The van der Waals surface area contributed by atoms with Crippen molar-refractivity contribution in [2.45, 2.75) is 20.0 Å². The molecule has 5 heteroatoms. The van der Waals surface area contributed by atoms with Gasteiger partial charge in [-0.2, -0.15) is 0 Å². The number of rotatable bonds is 4. The van der Waals surface area contributed by atoms with Crippen LogP contribution in [0.4, 0.5) is 4.79 Å². The highest BCUT2D eigenvalue weighted by molar-refractivity contribution is 5.74. The normalized spacial score (nSPS) is 21.8. The smallest absolute Gasteiger partial charge is 0.410 e. The molecule has 1 aromatic rings. The molecule has 0 unspecified atom stereocenters. The molecular formula is C15H19NO4. The second-order valence-electron chi connectivity index (χ2n) is 5.06. The van der Waals surface area contributed by atoms with E-state index in [4.69, 9.17) is 9.84 Å². The van der Waals surface area contributed by atoms with Crippen molar-refractivity contribution in [2.24, 2.45) is 11.8 Å². The molecule has 0 bridgehead atoms. The summed E-state index contributed by atoms with van der Waals surface area (Å²) in [5, 5.41) is 9.14. The van der Waals surface area contributed by atoms with Gasteiger partial charge in [-0.15, -0.1) is 0 Å². The van der Waals surface area contributed by atoms with Crippen LogP contribution < -0.4 is 0 Å². The van der Waals surface area contributed by atoms with E-state index >= 15 is 0 Å². The Morgan fingerprint density at radius 3 is 2.55 bits per heavy atom. The van der Waals surface area contributed by atoms with Crippen LogP contribution in [0.25, 0.3) is 0 Å². The van der Waals surface area contributed by atoms with Crippen molar-refractivity contribution in [3.05, 3.63) is 35.9 Å². The molecule has 1 saturated heterocycles. The van der Waals surface area contributed by atoms with Crippen LogP contribution in [0.15, 0.2) is 30.3 Å². The molecule has 1 amide bonds. The maximum absolute atomic E-state index is 12.0. The monoisotopic (exact) mass is 277 g/mol. The third-order valence-corrected chi connectivity index (χ3v) is 3.75. The molecule has 2 rings (SSSR count). The molecule has 0 radical (unpaired) electrons. The van der Waals surface area contributed by atoms with E-state index in [0.717, 1.165) is 12.0 Å². The van der Waals surface area contributed by atoms with Gasteiger partial charge in [0.05, 0.1) is 5.92 Å². The molecule has 0 spiro atoms. The number of benzene rings is 1. The second kappa shape index (κ2) is 6.41. The maximum Gasteiger partial charge on any atom is 0.410 e. The van der Waals surface area contributed by atoms with E-state index in [1.807, 2.05) is 37.3 Å². The van der Waals surface area contributed by atoms with Crippen LogP contribution in [0.1, 0.15) is 18.9 Å². The standard InChI is InChI=1S/C15H19NO4/c1-2-12-8-16(9-13(12)14(17)18)15(19)20-10-11-6-4-3-5-7-11/h3-7,12-13H,2,8-10H2,1H3,(H,17,18)/t12-,13+/m1/s1. The molecule has 1 aliphatic rings. The molecule has 1 N–H and O–H groups in total. The number of carboxylic acids is 1. The third-order valence-electron chi connectivity index (χ3n) is 3.75. The molecule has 1 heterocycles. The van der Waals surface area contributed by atoms with Gasteiger partial charge in [-0.1, -0.05) is 43.7 Å². The number of amides is 1. The Hall–Kier alpha value is -2.04. The number of hydrogen-bond acceptors (Lipinski definition) is 3. The highest BCUT2D eigenvalue weighted by Crippen LogP contribution is 2.26. The summed E-state index contributed by atoms with van der Waals surface area (Å²) in [5.41, 5.74) is 0.918. The van der Waals surface area contributed by atoms with Crippen molar-refractivity contribution >= 4 is 12.1 Å². The molecule has 1 aliphatic heterocycles. The van der Waals surface area contributed by atoms with Gasteiger partial charge in [0, 0.05) is 13.1 Å². The van der Waals surface area contributed by atoms with Crippen LogP contribution in [0.2, 0.25) is 0 Å². The van der Waals surface area contributed by atoms with Crippen LogP contribution in [-0.2, 0) is 16.1 Å². The highest BCUT2D eigenvalue weighted by atomic mass is 16.6. The first-order chi connectivity index (χ1) is 9.61. The van der Waals surface area contributed by atoms with E-state index in [0.29, 0.717) is 6.54 Å². The van der Waals surface area contributed by atoms with Gasteiger partial charge in [-0.3, -0.25) is 4.79 Å². The fourth-order valence-corrected chi connectivity index (χ4v) is 2.52. The van der Waals surface area contributed by atoms with Crippen LogP contribution in [-0.4, -0.2) is 35.2 Å². The lowest BCUT2D eigenvalue weighted by Gasteiger charge is -2.15. The minimum absolute atomic E-state index is 0.0109. The van der Waals surface area contributed by atoms with E-state index in [1.54, 1.807) is 0 Å². The minimum atomic E-state index is -0.838. The van der Waals surface area contributed by atoms with Crippen molar-refractivity contribution in [1.29, 1.82) is 0 Å². The predicted octanol–water partition coefficient (Wildman–Crippen LogP) is 2.37. The van der Waals surface area contributed by atoms with Gasteiger partial charge < -0.3 is 14.7 Å². The van der Waals surface area contributed by atoms with Gasteiger partial charge in [-0.05, 0) is 11.5 Å². The molecular weight excluding hydrogens is 258 g/mol. The molecule has 5 nitrogen and oxygen atoms in total. The van der Waals surface area contributed by atoms with Crippen LogP contribution in [0, 0.1) is 11.8 Å². The fourth-order valence-electron chi connectivity index (χ4n) is 2.52. The summed E-state index contributed by atoms with van der Waals surface area (Å²) in [6.07, 6.45) is 0.315. The van der Waals surface area contributed by atoms with Gasteiger partial charge in [-0.25, -0.2) is 4.79 Å². The molecule has 0 saturated carbocycles. The number of likely N-dealkylation sites (tertiary alicyclic amines) is 1. The Kier molecular flexibility index (Phi) is 4.61. The average molecular weight is 277 g/mol.